The molecule has 0 spiro atoms. The molecule has 1 fully saturated rings. The van der Waals surface area contributed by atoms with Crippen molar-refractivity contribution in [2.45, 2.75) is 44.2 Å². The van der Waals surface area contributed by atoms with Gasteiger partial charge in [0.1, 0.15) is 5.01 Å². The van der Waals surface area contributed by atoms with Crippen molar-refractivity contribution in [3.63, 3.8) is 0 Å². The molecule has 1 atom stereocenters. The summed E-state index contributed by atoms with van der Waals surface area (Å²) in [7, 11) is 0. The lowest BCUT2D eigenvalue weighted by Gasteiger charge is -2.30. The maximum absolute atomic E-state index is 4.80. The fraction of sp³-hybridized carbons (Fsp3) is 0.438. The quantitative estimate of drug-likeness (QED) is 0.924. The van der Waals surface area contributed by atoms with Gasteiger partial charge in [-0.3, -0.25) is 5.32 Å². The molecule has 1 N–H and O–H groups in total. The topological polar surface area (TPSA) is 24.9 Å². The van der Waals surface area contributed by atoms with E-state index in [-0.39, 0.29) is 5.54 Å². The molecule has 1 unspecified atom stereocenters. The van der Waals surface area contributed by atoms with E-state index in [2.05, 4.69) is 41.9 Å². The van der Waals surface area contributed by atoms with Crippen LogP contribution in [0.3, 0.4) is 0 Å². The lowest BCUT2D eigenvalue weighted by atomic mass is 9.92. The zero-order valence-electron chi connectivity index (χ0n) is 11.1. The highest BCUT2D eigenvalue weighted by Gasteiger charge is 2.45. The predicted octanol–water partition coefficient (Wildman–Crippen LogP) is 3.39. The van der Waals surface area contributed by atoms with Gasteiger partial charge in [-0.1, -0.05) is 24.3 Å². The lowest BCUT2D eigenvalue weighted by molar-refractivity contribution is 0.392. The van der Waals surface area contributed by atoms with Crippen LogP contribution in [-0.2, 0) is 12.0 Å². The number of nitrogens with one attached hydrogen (secondary N) is 1. The van der Waals surface area contributed by atoms with Crippen molar-refractivity contribution in [2.75, 3.05) is 0 Å². The van der Waals surface area contributed by atoms with Crippen LogP contribution in [0, 0.1) is 6.92 Å². The van der Waals surface area contributed by atoms with Gasteiger partial charge in [-0.25, -0.2) is 4.98 Å². The van der Waals surface area contributed by atoms with Crippen molar-refractivity contribution in [3.8, 4) is 0 Å². The van der Waals surface area contributed by atoms with Crippen LogP contribution in [0.2, 0.25) is 0 Å². The summed E-state index contributed by atoms with van der Waals surface area (Å²) in [5.41, 5.74) is 4.07. The van der Waals surface area contributed by atoms with E-state index < -0.39 is 0 Å². The highest BCUT2D eigenvalue weighted by molar-refractivity contribution is 7.09. The van der Waals surface area contributed by atoms with Gasteiger partial charge < -0.3 is 0 Å². The lowest BCUT2D eigenvalue weighted by Crippen LogP contribution is -2.43. The van der Waals surface area contributed by atoms with Crippen LogP contribution < -0.4 is 5.32 Å². The normalized spacial score (nSPS) is 25.5. The Labute approximate surface area is 117 Å². The highest BCUT2D eigenvalue weighted by Crippen LogP contribution is 2.45. The van der Waals surface area contributed by atoms with Gasteiger partial charge in [0, 0.05) is 17.1 Å². The van der Waals surface area contributed by atoms with Gasteiger partial charge in [-0.2, -0.15) is 0 Å². The number of thiazole rings is 1. The van der Waals surface area contributed by atoms with Gasteiger partial charge >= 0.3 is 0 Å². The number of hydrogen-bond acceptors (Lipinski definition) is 3. The fourth-order valence-electron chi connectivity index (χ4n) is 3.17. The zero-order chi connectivity index (χ0) is 12.9. The van der Waals surface area contributed by atoms with Gasteiger partial charge in [0.25, 0.3) is 0 Å². The molecule has 0 amide bonds. The first-order valence-electron chi connectivity index (χ1n) is 7.07. The second-order valence-corrected chi connectivity index (χ2v) is 6.63. The van der Waals surface area contributed by atoms with Crippen LogP contribution >= 0.6 is 11.3 Å². The van der Waals surface area contributed by atoms with Gasteiger partial charge in [0.05, 0.1) is 5.54 Å². The largest absolute Gasteiger partial charge is 0.299 e. The number of fused-ring (bicyclic) bond motifs is 1. The van der Waals surface area contributed by atoms with E-state index in [4.69, 9.17) is 4.98 Å². The molecule has 1 aromatic heterocycles. The Kier molecular flexibility index (Phi) is 2.54. The van der Waals surface area contributed by atoms with Gasteiger partial charge in [-0.15, -0.1) is 11.3 Å². The molecule has 2 aromatic rings. The van der Waals surface area contributed by atoms with Crippen LogP contribution in [0.5, 0.6) is 0 Å². The van der Waals surface area contributed by atoms with E-state index in [1.165, 1.54) is 29.0 Å². The standard InChI is InChI=1S/C16H18N2S/c1-11-10-19-15(17-11)16(18-13-6-7-13)9-8-12-4-2-3-5-14(12)16/h2-5,10,13,18H,6-9H2,1H3. The number of hydrogen-bond donors (Lipinski definition) is 1. The monoisotopic (exact) mass is 270 g/mol. The molecule has 2 aliphatic carbocycles. The van der Waals surface area contributed by atoms with Crippen LogP contribution in [0.25, 0.3) is 0 Å². The molecule has 2 nitrogen and oxygen atoms in total. The summed E-state index contributed by atoms with van der Waals surface area (Å²) in [6.07, 6.45) is 4.94. The maximum Gasteiger partial charge on any atom is 0.118 e. The van der Waals surface area contributed by atoms with Crippen LogP contribution in [0.15, 0.2) is 29.6 Å². The molecular weight excluding hydrogens is 252 g/mol. The van der Waals surface area contributed by atoms with Crippen molar-refractivity contribution in [3.05, 3.63) is 51.5 Å². The van der Waals surface area contributed by atoms with Crippen molar-refractivity contribution in [1.29, 1.82) is 0 Å². The molecule has 1 heterocycles. The third-order valence-corrected chi connectivity index (χ3v) is 5.38. The number of benzene rings is 1. The molecular formula is C16H18N2S. The molecule has 19 heavy (non-hydrogen) atoms. The number of rotatable bonds is 3. The van der Waals surface area contributed by atoms with Crippen molar-refractivity contribution >= 4 is 11.3 Å². The van der Waals surface area contributed by atoms with Gasteiger partial charge in [0.15, 0.2) is 0 Å². The molecule has 0 aliphatic heterocycles. The minimum absolute atomic E-state index is 0.0172. The second-order valence-electron chi connectivity index (χ2n) is 5.78. The molecule has 0 bridgehead atoms. The smallest absolute Gasteiger partial charge is 0.118 e. The van der Waals surface area contributed by atoms with E-state index in [0.717, 1.165) is 18.5 Å². The van der Waals surface area contributed by atoms with Crippen LogP contribution in [0.1, 0.15) is 41.1 Å². The average Bonchev–Trinajstić information content (AvgIpc) is 3.00. The third-order valence-electron chi connectivity index (χ3n) is 4.26. The summed E-state index contributed by atoms with van der Waals surface area (Å²) < 4.78 is 0. The Hall–Kier alpha value is -1.19. The minimum Gasteiger partial charge on any atom is -0.299 e. The Morgan fingerprint density at radius 1 is 1.32 bits per heavy atom. The molecule has 3 heteroatoms. The zero-order valence-corrected chi connectivity index (χ0v) is 12.0. The SMILES string of the molecule is Cc1csc(C2(NC3CC3)CCc3ccccc32)n1. The summed E-state index contributed by atoms with van der Waals surface area (Å²) in [6, 6.07) is 9.56. The Balaban J connectivity index is 1.85. The fourth-order valence-corrected chi connectivity index (χ4v) is 4.18. The number of aromatic nitrogens is 1. The summed E-state index contributed by atoms with van der Waals surface area (Å²) >= 11 is 1.81. The van der Waals surface area contributed by atoms with E-state index in [1.54, 1.807) is 11.3 Å². The number of nitrogens with zero attached hydrogens (tertiary/aromatic N) is 1. The summed E-state index contributed by atoms with van der Waals surface area (Å²) in [5.74, 6) is 0. The highest BCUT2D eigenvalue weighted by atomic mass is 32.1. The van der Waals surface area contributed by atoms with Crippen LogP contribution in [0.4, 0.5) is 0 Å². The van der Waals surface area contributed by atoms with Crippen molar-refractivity contribution in [1.82, 2.24) is 10.3 Å². The number of aryl methyl sites for hydroxylation is 2. The van der Waals surface area contributed by atoms with E-state index in [1.807, 2.05) is 0 Å². The average molecular weight is 270 g/mol. The Morgan fingerprint density at radius 2 is 2.16 bits per heavy atom. The van der Waals surface area contributed by atoms with E-state index in [0.29, 0.717) is 6.04 Å². The first-order chi connectivity index (χ1) is 9.28. The molecule has 0 radical (unpaired) electrons. The first-order valence-corrected chi connectivity index (χ1v) is 7.94. The molecule has 1 saturated carbocycles. The summed E-state index contributed by atoms with van der Waals surface area (Å²) in [5, 5.41) is 7.32. The van der Waals surface area contributed by atoms with E-state index >= 15 is 0 Å². The molecule has 0 saturated heterocycles. The van der Waals surface area contributed by atoms with Crippen LogP contribution in [-0.4, -0.2) is 11.0 Å². The first kappa shape index (κ1) is 11.6. The summed E-state index contributed by atoms with van der Waals surface area (Å²) in [6.45, 7) is 2.09. The third kappa shape index (κ3) is 1.84. The van der Waals surface area contributed by atoms with Gasteiger partial charge in [0.2, 0.25) is 0 Å². The second kappa shape index (κ2) is 4.15. The van der Waals surface area contributed by atoms with Gasteiger partial charge in [-0.05, 0) is 43.7 Å². The summed E-state index contributed by atoms with van der Waals surface area (Å²) in [4.78, 5) is 4.80. The van der Waals surface area contributed by atoms with Crippen molar-refractivity contribution < 1.29 is 0 Å². The Bertz CT molecular complexity index is 615. The molecule has 98 valence electrons. The van der Waals surface area contributed by atoms with E-state index in [9.17, 15) is 0 Å². The van der Waals surface area contributed by atoms with Crippen molar-refractivity contribution in [2.24, 2.45) is 0 Å². The minimum atomic E-state index is -0.0172. The maximum atomic E-state index is 4.80. The molecule has 2 aliphatic rings. The molecule has 4 rings (SSSR count). The Morgan fingerprint density at radius 3 is 2.89 bits per heavy atom. The molecule has 1 aromatic carbocycles. The predicted molar refractivity (Wildman–Crippen MR) is 78.6 cm³/mol.